The summed E-state index contributed by atoms with van der Waals surface area (Å²) >= 11 is 0. The molecule has 0 aromatic heterocycles. The number of rotatable bonds is 11. The lowest BCUT2D eigenvalue weighted by Gasteiger charge is -2.16. The van der Waals surface area contributed by atoms with Crippen molar-refractivity contribution in [2.75, 3.05) is 13.2 Å². The van der Waals surface area contributed by atoms with Crippen LogP contribution in [0.4, 0.5) is 0 Å². The van der Waals surface area contributed by atoms with Crippen LogP contribution in [0.2, 0.25) is 0 Å². The van der Waals surface area contributed by atoms with Crippen molar-refractivity contribution in [1.82, 2.24) is 0 Å². The summed E-state index contributed by atoms with van der Waals surface area (Å²) in [6, 6.07) is 0. The first-order chi connectivity index (χ1) is 7.35. The van der Waals surface area contributed by atoms with Crippen molar-refractivity contribution >= 4 is 0 Å². The number of ether oxygens (including phenoxy) is 2. The topological polar surface area (TPSA) is 18.5 Å². The highest BCUT2D eigenvalue weighted by molar-refractivity contribution is 4.49. The second kappa shape index (κ2) is 12.0. The molecular formula is C13H28O2. The van der Waals surface area contributed by atoms with E-state index in [0.29, 0.717) is 0 Å². The van der Waals surface area contributed by atoms with Crippen molar-refractivity contribution in [3.63, 3.8) is 0 Å². The minimum Gasteiger partial charge on any atom is -0.353 e. The lowest BCUT2D eigenvalue weighted by Crippen LogP contribution is -2.17. The normalized spacial score (nSPS) is 11.2. The van der Waals surface area contributed by atoms with E-state index < -0.39 is 0 Å². The summed E-state index contributed by atoms with van der Waals surface area (Å²) in [5, 5.41) is 0. The minimum absolute atomic E-state index is 0.0335. The molecule has 0 N–H and O–H groups in total. The van der Waals surface area contributed by atoms with Crippen LogP contribution in [0.3, 0.4) is 0 Å². The van der Waals surface area contributed by atoms with Gasteiger partial charge in [0, 0.05) is 13.2 Å². The van der Waals surface area contributed by atoms with E-state index in [4.69, 9.17) is 9.47 Å². The third-order valence-electron chi connectivity index (χ3n) is 2.50. The Kier molecular flexibility index (Phi) is 11.9. The molecule has 0 heterocycles. The van der Waals surface area contributed by atoms with Gasteiger partial charge in [0.05, 0.1) is 0 Å². The molecule has 0 bridgehead atoms. The maximum Gasteiger partial charge on any atom is 0.157 e. The zero-order chi connectivity index (χ0) is 11.4. The number of hydrogen-bond acceptors (Lipinski definition) is 2. The number of hydrogen-bond donors (Lipinski definition) is 0. The molecule has 0 aliphatic heterocycles. The van der Waals surface area contributed by atoms with Crippen LogP contribution < -0.4 is 0 Å². The van der Waals surface area contributed by atoms with Gasteiger partial charge in [-0.1, -0.05) is 39.0 Å². The summed E-state index contributed by atoms with van der Waals surface area (Å²) in [6.45, 7) is 7.79. The minimum atomic E-state index is 0.0335. The molecule has 0 unspecified atom stereocenters. The quantitative estimate of drug-likeness (QED) is 0.382. The van der Waals surface area contributed by atoms with E-state index >= 15 is 0 Å². The first kappa shape index (κ1) is 14.9. The van der Waals surface area contributed by atoms with E-state index in [-0.39, 0.29) is 6.29 Å². The molecule has 0 aromatic carbocycles. The third kappa shape index (κ3) is 10.2. The Bertz CT molecular complexity index is 109. The first-order valence-electron chi connectivity index (χ1n) is 6.58. The molecule has 0 aromatic rings. The molecule has 0 saturated carbocycles. The van der Waals surface area contributed by atoms with Gasteiger partial charge < -0.3 is 9.47 Å². The van der Waals surface area contributed by atoms with Crippen molar-refractivity contribution in [3.05, 3.63) is 0 Å². The van der Waals surface area contributed by atoms with Gasteiger partial charge in [0.15, 0.2) is 6.29 Å². The smallest absolute Gasteiger partial charge is 0.157 e. The van der Waals surface area contributed by atoms with E-state index in [1.54, 1.807) is 0 Å². The molecule has 0 spiro atoms. The fourth-order valence-corrected chi connectivity index (χ4v) is 1.68. The summed E-state index contributed by atoms with van der Waals surface area (Å²) in [7, 11) is 0. The van der Waals surface area contributed by atoms with E-state index in [9.17, 15) is 0 Å². The Labute approximate surface area is 95.3 Å². The Morgan fingerprint density at radius 2 is 1.27 bits per heavy atom. The van der Waals surface area contributed by atoms with E-state index in [1.807, 2.05) is 13.8 Å². The molecule has 0 atom stereocenters. The Morgan fingerprint density at radius 3 is 1.80 bits per heavy atom. The van der Waals surface area contributed by atoms with Gasteiger partial charge >= 0.3 is 0 Å². The fraction of sp³-hybridized carbons (Fsp3) is 1.00. The SMILES string of the molecule is CCCCCCCCC(OCC)OCC. The van der Waals surface area contributed by atoms with E-state index in [1.165, 1.54) is 38.5 Å². The van der Waals surface area contributed by atoms with Crippen LogP contribution in [-0.4, -0.2) is 19.5 Å². The monoisotopic (exact) mass is 216 g/mol. The van der Waals surface area contributed by atoms with Crippen LogP contribution in [0.1, 0.15) is 65.7 Å². The van der Waals surface area contributed by atoms with Crippen LogP contribution in [-0.2, 0) is 9.47 Å². The highest BCUT2D eigenvalue weighted by Gasteiger charge is 2.06. The largest absolute Gasteiger partial charge is 0.353 e. The van der Waals surface area contributed by atoms with Gasteiger partial charge in [0.2, 0.25) is 0 Å². The number of unbranched alkanes of at least 4 members (excludes halogenated alkanes) is 5. The molecule has 0 radical (unpaired) electrons. The van der Waals surface area contributed by atoms with Crippen molar-refractivity contribution in [3.8, 4) is 0 Å². The second-order valence-corrected chi connectivity index (χ2v) is 3.90. The van der Waals surface area contributed by atoms with Crippen molar-refractivity contribution in [2.24, 2.45) is 0 Å². The summed E-state index contributed by atoms with van der Waals surface area (Å²) in [6.07, 6.45) is 9.06. The highest BCUT2D eigenvalue weighted by Crippen LogP contribution is 2.11. The van der Waals surface area contributed by atoms with Crippen LogP contribution in [0.25, 0.3) is 0 Å². The molecule has 0 amide bonds. The first-order valence-corrected chi connectivity index (χ1v) is 6.58. The molecule has 92 valence electrons. The predicted octanol–water partition coefficient (Wildman–Crippen LogP) is 4.14. The van der Waals surface area contributed by atoms with Gasteiger partial charge in [-0.25, -0.2) is 0 Å². The van der Waals surface area contributed by atoms with Gasteiger partial charge in [-0.3, -0.25) is 0 Å². The molecular weight excluding hydrogens is 188 g/mol. The molecule has 2 heteroatoms. The van der Waals surface area contributed by atoms with Gasteiger partial charge in [0.25, 0.3) is 0 Å². The summed E-state index contributed by atoms with van der Waals surface area (Å²) < 4.78 is 11.0. The van der Waals surface area contributed by atoms with Crippen LogP contribution in [0.5, 0.6) is 0 Å². The molecule has 0 aliphatic carbocycles. The predicted molar refractivity (Wildman–Crippen MR) is 65.0 cm³/mol. The van der Waals surface area contributed by atoms with E-state index in [2.05, 4.69) is 6.92 Å². The Morgan fingerprint density at radius 1 is 0.733 bits per heavy atom. The molecule has 15 heavy (non-hydrogen) atoms. The lowest BCUT2D eigenvalue weighted by molar-refractivity contribution is -0.140. The fourth-order valence-electron chi connectivity index (χ4n) is 1.68. The van der Waals surface area contributed by atoms with Gasteiger partial charge in [-0.15, -0.1) is 0 Å². The lowest BCUT2D eigenvalue weighted by atomic mass is 10.1. The van der Waals surface area contributed by atoms with E-state index in [0.717, 1.165) is 19.6 Å². The zero-order valence-corrected chi connectivity index (χ0v) is 10.8. The summed E-state index contributed by atoms with van der Waals surface area (Å²) in [4.78, 5) is 0. The van der Waals surface area contributed by atoms with Gasteiger partial charge in [0.1, 0.15) is 0 Å². The highest BCUT2D eigenvalue weighted by atomic mass is 16.7. The molecule has 0 saturated heterocycles. The van der Waals surface area contributed by atoms with Gasteiger partial charge in [-0.05, 0) is 26.7 Å². The average Bonchev–Trinajstić information content (AvgIpc) is 2.24. The standard InChI is InChI=1S/C13H28O2/c1-4-7-8-9-10-11-12-13(14-5-2)15-6-3/h13H,4-12H2,1-3H3. The van der Waals surface area contributed by atoms with Crippen LogP contribution in [0.15, 0.2) is 0 Å². The molecule has 0 fully saturated rings. The van der Waals surface area contributed by atoms with Crippen molar-refractivity contribution < 1.29 is 9.47 Å². The zero-order valence-electron chi connectivity index (χ0n) is 10.8. The summed E-state index contributed by atoms with van der Waals surface area (Å²) in [5.41, 5.74) is 0. The third-order valence-corrected chi connectivity index (χ3v) is 2.50. The van der Waals surface area contributed by atoms with Crippen LogP contribution >= 0.6 is 0 Å². The van der Waals surface area contributed by atoms with Crippen molar-refractivity contribution in [2.45, 2.75) is 72.0 Å². The average molecular weight is 216 g/mol. The maximum atomic E-state index is 5.49. The Hall–Kier alpha value is -0.0800. The maximum absolute atomic E-state index is 5.49. The molecule has 2 nitrogen and oxygen atoms in total. The van der Waals surface area contributed by atoms with Gasteiger partial charge in [-0.2, -0.15) is 0 Å². The summed E-state index contributed by atoms with van der Waals surface area (Å²) in [5.74, 6) is 0. The van der Waals surface area contributed by atoms with Crippen molar-refractivity contribution in [1.29, 1.82) is 0 Å². The van der Waals surface area contributed by atoms with Crippen LogP contribution in [0, 0.1) is 0 Å². The molecule has 0 aliphatic rings. The molecule has 0 rings (SSSR count). The Balaban J connectivity index is 3.28. The second-order valence-electron chi connectivity index (χ2n) is 3.90.